The van der Waals surface area contributed by atoms with Gasteiger partial charge < -0.3 is 10.5 Å². The molecule has 0 fully saturated rings. The number of hydrogen-bond acceptors (Lipinski definition) is 4. The molecule has 2 rings (SSSR count). The first-order valence-electron chi connectivity index (χ1n) is 7.64. The lowest BCUT2D eigenvalue weighted by Gasteiger charge is -2.07. The minimum atomic E-state index is 0.432. The van der Waals surface area contributed by atoms with Gasteiger partial charge in [-0.15, -0.1) is 5.10 Å². The lowest BCUT2D eigenvalue weighted by atomic mass is 10.2. The van der Waals surface area contributed by atoms with E-state index >= 15 is 0 Å². The van der Waals surface area contributed by atoms with Crippen LogP contribution in [0.25, 0.3) is 0 Å². The molecule has 2 N–H and O–H groups in total. The molecule has 0 aromatic heterocycles. The van der Waals surface area contributed by atoms with Crippen LogP contribution in [0.15, 0.2) is 63.2 Å². The van der Waals surface area contributed by atoms with Gasteiger partial charge in [-0.3, -0.25) is 0 Å². The normalized spacial score (nSPS) is 11.8. The maximum absolute atomic E-state index is 5.89. The standard InChI is InChI=1S/C18H20BrN3OS/c1-2-10-23-17-9-8-16(19)11-15(17)12-21-22-18(20)24-13-14-6-4-3-5-7-14/h3-9,11-12H,2,10,13H2,1H3,(H2,20,22). The molecular weight excluding hydrogens is 386 g/mol. The quantitative estimate of drug-likeness (QED) is 0.408. The molecule has 0 spiro atoms. The molecule has 0 amide bonds. The lowest BCUT2D eigenvalue weighted by molar-refractivity contribution is 0.317. The largest absolute Gasteiger partial charge is 0.493 e. The van der Waals surface area contributed by atoms with Crippen LogP contribution in [-0.4, -0.2) is 18.0 Å². The van der Waals surface area contributed by atoms with Crippen LogP contribution in [0.1, 0.15) is 24.5 Å². The Kier molecular flexibility index (Phi) is 7.85. The second-order valence-corrected chi connectivity index (χ2v) is 6.90. The van der Waals surface area contributed by atoms with Crippen molar-refractivity contribution in [1.82, 2.24) is 0 Å². The summed E-state index contributed by atoms with van der Waals surface area (Å²) in [6, 6.07) is 15.9. The van der Waals surface area contributed by atoms with Gasteiger partial charge in [-0.25, -0.2) is 0 Å². The Bertz CT molecular complexity index is 705. The van der Waals surface area contributed by atoms with Gasteiger partial charge in [0.1, 0.15) is 5.75 Å². The Balaban J connectivity index is 1.97. The third kappa shape index (κ3) is 6.37. The summed E-state index contributed by atoms with van der Waals surface area (Å²) >= 11 is 4.91. The van der Waals surface area contributed by atoms with Crippen molar-refractivity contribution in [2.24, 2.45) is 15.9 Å². The molecule has 0 atom stereocenters. The molecule has 0 bridgehead atoms. The SMILES string of the molecule is CCCOc1ccc(Br)cc1C=NN=C(N)SCc1ccccc1. The van der Waals surface area contributed by atoms with E-state index in [-0.39, 0.29) is 0 Å². The van der Waals surface area contributed by atoms with Gasteiger partial charge in [-0.05, 0) is 30.2 Å². The van der Waals surface area contributed by atoms with E-state index in [0.717, 1.165) is 28.0 Å². The van der Waals surface area contributed by atoms with Gasteiger partial charge in [-0.1, -0.05) is 64.9 Å². The fourth-order valence-electron chi connectivity index (χ4n) is 1.87. The highest BCUT2D eigenvalue weighted by molar-refractivity contribution is 9.10. The van der Waals surface area contributed by atoms with Gasteiger partial charge in [0.2, 0.25) is 0 Å². The van der Waals surface area contributed by atoms with Crippen molar-refractivity contribution >= 4 is 39.1 Å². The van der Waals surface area contributed by atoms with Gasteiger partial charge >= 0.3 is 0 Å². The fourth-order valence-corrected chi connectivity index (χ4v) is 2.86. The summed E-state index contributed by atoms with van der Waals surface area (Å²) in [4.78, 5) is 0. The zero-order chi connectivity index (χ0) is 17.2. The van der Waals surface area contributed by atoms with Crippen LogP contribution in [0.3, 0.4) is 0 Å². The maximum Gasteiger partial charge on any atom is 0.180 e. The Morgan fingerprint density at radius 1 is 1.25 bits per heavy atom. The molecule has 0 heterocycles. The smallest absolute Gasteiger partial charge is 0.180 e. The Hall–Kier alpha value is -1.79. The second-order valence-electron chi connectivity index (χ2n) is 4.99. The number of hydrogen-bond donors (Lipinski definition) is 1. The Labute approximate surface area is 155 Å². The average molecular weight is 406 g/mol. The molecule has 2 aromatic rings. The summed E-state index contributed by atoms with van der Waals surface area (Å²) in [6.45, 7) is 2.74. The molecule has 0 unspecified atom stereocenters. The number of ether oxygens (including phenoxy) is 1. The van der Waals surface area contributed by atoms with Gasteiger partial charge in [-0.2, -0.15) is 5.10 Å². The summed E-state index contributed by atoms with van der Waals surface area (Å²) in [6.07, 6.45) is 2.61. The number of nitrogens with zero attached hydrogens (tertiary/aromatic N) is 2. The van der Waals surface area contributed by atoms with E-state index in [1.54, 1.807) is 6.21 Å². The molecule has 0 aliphatic heterocycles. The van der Waals surface area contributed by atoms with E-state index in [1.165, 1.54) is 17.3 Å². The van der Waals surface area contributed by atoms with Gasteiger partial charge in [0.15, 0.2) is 5.17 Å². The predicted molar refractivity (Wildman–Crippen MR) is 107 cm³/mol. The number of amidine groups is 1. The highest BCUT2D eigenvalue weighted by Crippen LogP contribution is 2.22. The fraction of sp³-hybridized carbons (Fsp3) is 0.222. The first-order chi connectivity index (χ1) is 11.7. The third-order valence-corrected chi connectivity index (χ3v) is 4.36. The van der Waals surface area contributed by atoms with Gasteiger partial charge in [0.05, 0.1) is 12.8 Å². The molecule has 24 heavy (non-hydrogen) atoms. The summed E-state index contributed by atoms with van der Waals surface area (Å²) < 4.78 is 6.67. The van der Waals surface area contributed by atoms with Crippen LogP contribution in [0.4, 0.5) is 0 Å². The van der Waals surface area contributed by atoms with E-state index in [2.05, 4.69) is 45.2 Å². The molecule has 0 saturated heterocycles. The van der Waals surface area contributed by atoms with Crippen LogP contribution >= 0.6 is 27.7 Å². The minimum absolute atomic E-state index is 0.432. The Morgan fingerprint density at radius 3 is 2.79 bits per heavy atom. The van der Waals surface area contributed by atoms with E-state index in [4.69, 9.17) is 10.5 Å². The maximum atomic E-state index is 5.89. The van der Waals surface area contributed by atoms with Crippen molar-refractivity contribution in [3.63, 3.8) is 0 Å². The predicted octanol–water partition coefficient (Wildman–Crippen LogP) is 4.82. The van der Waals surface area contributed by atoms with Crippen LogP contribution in [0, 0.1) is 0 Å². The number of rotatable bonds is 7. The Morgan fingerprint density at radius 2 is 2.04 bits per heavy atom. The van der Waals surface area contributed by atoms with Crippen LogP contribution in [0.2, 0.25) is 0 Å². The van der Waals surface area contributed by atoms with Crippen LogP contribution in [-0.2, 0) is 5.75 Å². The second kappa shape index (κ2) is 10.2. The summed E-state index contributed by atoms with van der Waals surface area (Å²) in [5, 5.41) is 8.55. The zero-order valence-corrected chi connectivity index (χ0v) is 15.9. The highest BCUT2D eigenvalue weighted by Gasteiger charge is 2.02. The molecular formula is C18H20BrN3OS. The van der Waals surface area contributed by atoms with Crippen LogP contribution in [0.5, 0.6) is 5.75 Å². The van der Waals surface area contributed by atoms with Crippen LogP contribution < -0.4 is 10.5 Å². The summed E-state index contributed by atoms with van der Waals surface area (Å²) in [5.74, 6) is 1.56. The van der Waals surface area contributed by atoms with Crippen molar-refractivity contribution in [2.75, 3.05) is 6.61 Å². The summed E-state index contributed by atoms with van der Waals surface area (Å²) in [5.41, 5.74) is 7.96. The molecule has 126 valence electrons. The molecule has 6 heteroatoms. The van der Waals surface area contributed by atoms with Crippen molar-refractivity contribution in [1.29, 1.82) is 0 Å². The highest BCUT2D eigenvalue weighted by atomic mass is 79.9. The van der Waals surface area contributed by atoms with E-state index in [9.17, 15) is 0 Å². The number of halogens is 1. The monoisotopic (exact) mass is 405 g/mol. The average Bonchev–Trinajstić information content (AvgIpc) is 2.60. The van der Waals surface area contributed by atoms with E-state index < -0.39 is 0 Å². The molecule has 0 aliphatic carbocycles. The number of thioether (sulfide) groups is 1. The van der Waals surface area contributed by atoms with E-state index in [0.29, 0.717) is 11.8 Å². The van der Waals surface area contributed by atoms with Crippen molar-refractivity contribution in [3.8, 4) is 5.75 Å². The van der Waals surface area contributed by atoms with Crippen molar-refractivity contribution in [2.45, 2.75) is 19.1 Å². The van der Waals surface area contributed by atoms with Crippen molar-refractivity contribution < 1.29 is 4.74 Å². The number of benzene rings is 2. The molecule has 0 aliphatic rings. The lowest BCUT2D eigenvalue weighted by Crippen LogP contribution is -2.06. The zero-order valence-electron chi connectivity index (χ0n) is 13.5. The minimum Gasteiger partial charge on any atom is -0.493 e. The molecule has 0 saturated carbocycles. The van der Waals surface area contributed by atoms with Crippen molar-refractivity contribution in [3.05, 3.63) is 64.1 Å². The number of nitrogens with two attached hydrogens (primary N) is 1. The van der Waals surface area contributed by atoms with E-state index in [1.807, 2.05) is 36.4 Å². The van der Waals surface area contributed by atoms with Gasteiger partial charge in [0, 0.05) is 15.8 Å². The first-order valence-corrected chi connectivity index (χ1v) is 9.42. The first kappa shape index (κ1) is 18.5. The molecule has 2 aromatic carbocycles. The summed E-state index contributed by atoms with van der Waals surface area (Å²) in [7, 11) is 0. The molecule has 0 radical (unpaired) electrons. The molecule has 4 nitrogen and oxygen atoms in total. The van der Waals surface area contributed by atoms with Gasteiger partial charge in [0.25, 0.3) is 0 Å². The third-order valence-electron chi connectivity index (χ3n) is 3.02. The topological polar surface area (TPSA) is 60.0 Å².